The Morgan fingerprint density at radius 1 is 0.812 bits per heavy atom. The van der Waals surface area contributed by atoms with Crippen LogP contribution in [0.1, 0.15) is 24.6 Å². The molecule has 3 aromatic carbocycles. The molecule has 0 aliphatic carbocycles. The summed E-state index contributed by atoms with van der Waals surface area (Å²) in [5.74, 6) is 1.16. The van der Waals surface area contributed by atoms with E-state index in [9.17, 15) is 0 Å². The molecule has 0 unspecified atom stereocenters. The maximum absolute atomic E-state index is 5.97. The summed E-state index contributed by atoms with van der Waals surface area (Å²) in [6.45, 7) is 2.67. The Balaban J connectivity index is 1.45. The second-order valence-corrected chi connectivity index (χ2v) is 7.84. The van der Waals surface area contributed by atoms with E-state index in [2.05, 4.69) is 59.4 Å². The van der Waals surface area contributed by atoms with Gasteiger partial charge in [0, 0.05) is 5.56 Å². The van der Waals surface area contributed by atoms with Gasteiger partial charge < -0.3 is 10.5 Å². The monoisotopic (exact) mass is 420 g/mol. The van der Waals surface area contributed by atoms with Gasteiger partial charge >= 0.3 is 0 Å². The normalized spacial score (nSPS) is 11.2. The van der Waals surface area contributed by atoms with Gasteiger partial charge in [0.05, 0.1) is 16.9 Å². The highest BCUT2D eigenvalue weighted by Gasteiger charge is 2.10. The summed E-state index contributed by atoms with van der Waals surface area (Å²) in [4.78, 5) is 13.6. The number of hydrogen-bond donors (Lipinski definition) is 1. The molecule has 0 atom stereocenters. The lowest BCUT2D eigenvalue weighted by Crippen LogP contribution is -2.02. The molecule has 0 spiro atoms. The molecule has 32 heavy (non-hydrogen) atoms. The molecular formula is C27H24N4O. The molecule has 5 heteroatoms. The molecule has 0 amide bonds. The lowest BCUT2D eigenvalue weighted by Gasteiger charge is -2.10. The lowest BCUT2D eigenvalue weighted by atomic mass is 10.0. The summed E-state index contributed by atoms with van der Waals surface area (Å²) < 4.78 is 5.97. The first-order valence-corrected chi connectivity index (χ1v) is 10.8. The number of anilines is 1. The number of nitrogen functional groups attached to an aromatic ring is 1. The van der Waals surface area contributed by atoms with Crippen molar-refractivity contribution in [2.24, 2.45) is 0 Å². The van der Waals surface area contributed by atoms with Gasteiger partial charge in [0.15, 0.2) is 0 Å². The Kier molecular flexibility index (Phi) is 5.38. The van der Waals surface area contributed by atoms with Gasteiger partial charge in [-0.25, -0.2) is 15.0 Å². The number of ether oxygens (including phenoxy) is 1. The quantitative estimate of drug-likeness (QED) is 0.367. The van der Waals surface area contributed by atoms with Crippen molar-refractivity contribution in [3.8, 4) is 17.0 Å². The van der Waals surface area contributed by atoms with Crippen molar-refractivity contribution in [2.75, 3.05) is 5.73 Å². The molecule has 0 saturated heterocycles. The molecule has 0 saturated carbocycles. The van der Waals surface area contributed by atoms with E-state index in [-0.39, 0.29) is 0 Å². The summed E-state index contributed by atoms with van der Waals surface area (Å²) in [7, 11) is 0. The second kappa shape index (κ2) is 8.63. The molecule has 5 rings (SSSR count). The molecule has 2 heterocycles. The molecular weight excluding hydrogens is 396 g/mol. The Labute approximate surface area is 186 Å². The van der Waals surface area contributed by atoms with E-state index in [0.29, 0.717) is 12.6 Å². The second-order valence-electron chi connectivity index (χ2n) is 7.84. The number of fused-ring (bicyclic) bond motifs is 2. The van der Waals surface area contributed by atoms with Crippen LogP contribution in [0.3, 0.4) is 0 Å². The Bertz CT molecular complexity index is 1400. The summed E-state index contributed by atoms with van der Waals surface area (Å²) >= 11 is 0. The van der Waals surface area contributed by atoms with Crippen LogP contribution in [0.5, 0.6) is 5.75 Å². The fraction of sp³-hybridized carbons (Fsp3) is 0.148. The van der Waals surface area contributed by atoms with Crippen LogP contribution in [0.25, 0.3) is 33.1 Å². The molecule has 0 aliphatic heterocycles. The average Bonchev–Trinajstić information content (AvgIpc) is 2.83. The maximum Gasteiger partial charge on any atom is 0.220 e. The highest BCUT2D eigenvalue weighted by atomic mass is 16.5. The third-order valence-electron chi connectivity index (χ3n) is 5.47. The highest BCUT2D eigenvalue weighted by Crippen LogP contribution is 2.28. The number of pyridine rings is 1. The molecule has 0 radical (unpaired) electrons. The largest absolute Gasteiger partial charge is 0.489 e. The van der Waals surface area contributed by atoms with Gasteiger partial charge in [-0.15, -0.1) is 0 Å². The van der Waals surface area contributed by atoms with Gasteiger partial charge in [-0.1, -0.05) is 61.9 Å². The van der Waals surface area contributed by atoms with E-state index in [4.69, 9.17) is 15.5 Å². The molecule has 5 aromatic rings. The molecule has 5 nitrogen and oxygen atoms in total. The van der Waals surface area contributed by atoms with Crippen molar-refractivity contribution in [1.29, 1.82) is 0 Å². The molecule has 2 aromatic heterocycles. The van der Waals surface area contributed by atoms with Crippen molar-refractivity contribution in [3.63, 3.8) is 0 Å². The van der Waals surface area contributed by atoms with Gasteiger partial charge in [0.25, 0.3) is 0 Å². The van der Waals surface area contributed by atoms with Gasteiger partial charge in [0.2, 0.25) is 5.95 Å². The number of rotatable bonds is 6. The zero-order chi connectivity index (χ0) is 21.9. The molecule has 0 bridgehead atoms. The van der Waals surface area contributed by atoms with E-state index >= 15 is 0 Å². The van der Waals surface area contributed by atoms with Crippen molar-refractivity contribution >= 4 is 27.8 Å². The van der Waals surface area contributed by atoms with Crippen LogP contribution in [0.4, 0.5) is 5.95 Å². The molecule has 0 aliphatic rings. The van der Waals surface area contributed by atoms with Crippen LogP contribution >= 0.6 is 0 Å². The number of nitrogens with two attached hydrogens (primary N) is 1. The number of nitrogens with zero attached hydrogens (tertiary/aromatic N) is 3. The molecule has 2 N–H and O–H groups in total. The Hall–Kier alpha value is -3.99. The lowest BCUT2D eigenvalue weighted by molar-refractivity contribution is 0.306. The minimum absolute atomic E-state index is 0.298. The maximum atomic E-state index is 5.97. The van der Waals surface area contributed by atoms with Gasteiger partial charge in [0.1, 0.15) is 17.9 Å². The van der Waals surface area contributed by atoms with Crippen molar-refractivity contribution in [3.05, 3.63) is 90.1 Å². The first-order chi connectivity index (χ1) is 15.7. The van der Waals surface area contributed by atoms with Crippen molar-refractivity contribution in [2.45, 2.75) is 26.4 Å². The third-order valence-corrected chi connectivity index (χ3v) is 5.47. The summed E-state index contributed by atoms with van der Waals surface area (Å²) in [6, 6.07) is 26.7. The topological polar surface area (TPSA) is 73.9 Å². The first kappa shape index (κ1) is 19.9. The number of hydrogen-bond acceptors (Lipinski definition) is 5. The Morgan fingerprint density at radius 3 is 2.47 bits per heavy atom. The summed E-state index contributed by atoms with van der Waals surface area (Å²) in [6.07, 6.45) is 1.80. The van der Waals surface area contributed by atoms with Crippen LogP contribution in [0.15, 0.2) is 78.9 Å². The number of aryl methyl sites for hydroxylation is 1. The van der Waals surface area contributed by atoms with Crippen molar-refractivity contribution < 1.29 is 4.74 Å². The fourth-order valence-corrected chi connectivity index (χ4v) is 3.88. The average molecular weight is 421 g/mol. The van der Waals surface area contributed by atoms with E-state index in [1.54, 1.807) is 0 Å². The zero-order valence-corrected chi connectivity index (χ0v) is 18.0. The predicted molar refractivity (Wildman–Crippen MR) is 129 cm³/mol. The van der Waals surface area contributed by atoms with Gasteiger partial charge in [-0.05, 0) is 53.1 Å². The van der Waals surface area contributed by atoms with Crippen LogP contribution < -0.4 is 10.5 Å². The third kappa shape index (κ3) is 4.10. The SMILES string of the molecule is CCCc1nc(N)nc2ccc(-c3ccc4cc(OCc5ccccc5)ccc4c3)nc12. The Morgan fingerprint density at radius 2 is 1.62 bits per heavy atom. The van der Waals surface area contributed by atoms with Crippen LogP contribution in [0, 0.1) is 0 Å². The van der Waals surface area contributed by atoms with E-state index < -0.39 is 0 Å². The standard InChI is InChI=1S/C27H24N4O/c1-2-6-24-26-25(31-27(28)30-24)14-13-23(29-26)21-10-9-20-16-22(12-11-19(20)15-21)32-17-18-7-4-3-5-8-18/h3-5,7-16H,2,6,17H2,1H3,(H2,28,30,31). The fourth-order valence-electron chi connectivity index (χ4n) is 3.88. The van der Waals surface area contributed by atoms with E-state index in [1.807, 2.05) is 36.4 Å². The molecule has 0 fully saturated rings. The predicted octanol–water partition coefficient (Wildman–Crippen LogP) is 5.96. The van der Waals surface area contributed by atoms with Crippen molar-refractivity contribution in [1.82, 2.24) is 15.0 Å². The summed E-state index contributed by atoms with van der Waals surface area (Å²) in [5, 5.41) is 2.27. The van der Waals surface area contributed by atoms with Crippen LogP contribution in [-0.4, -0.2) is 15.0 Å². The first-order valence-electron chi connectivity index (χ1n) is 10.8. The highest BCUT2D eigenvalue weighted by molar-refractivity contribution is 5.89. The van der Waals surface area contributed by atoms with Crippen LogP contribution in [0.2, 0.25) is 0 Å². The van der Waals surface area contributed by atoms with Gasteiger partial charge in [-0.2, -0.15) is 0 Å². The van der Waals surface area contributed by atoms with Crippen LogP contribution in [-0.2, 0) is 13.0 Å². The number of benzene rings is 3. The molecule has 158 valence electrons. The zero-order valence-electron chi connectivity index (χ0n) is 18.0. The van der Waals surface area contributed by atoms with E-state index in [1.165, 1.54) is 0 Å². The minimum atomic E-state index is 0.298. The smallest absolute Gasteiger partial charge is 0.220 e. The number of aromatic nitrogens is 3. The van der Waals surface area contributed by atoms with E-state index in [0.717, 1.165) is 62.9 Å². The minimum Gasteiger partial charge on any atom is -0.489 e. The van der Waals surface area contributed by atoms with Gasteiger partial charge in [-0.3, -0.25) is 0 Å². The summed E-state index contributed by atoms with van der Waals surface area (Å²) in [5.41, 5.74) is 11.5.